The molecule has 1 aliphatic rings. The molecule has 1 aromatic rings. The normalized spacial score (nSPS) is 26.0. The average molecular weight is 287 g/mol. The molecule has 1 nitrogen and oxygen atoms in total. The predicted molar refractivity (Wildman–Crippen MR) is 92.9 cm³/mol. The number of hydrogen-bond acceptors (Lipinski definition) is 1. The predicted octanol–water partition coefficient (Wildman–Crippen LogP) is 5.21. The molecule has 2 rings (SSSR count). The van der Waals surface area contributed by atoms with Crippen molar-refractivity contribution < 1.29 is 0 Å². The minimum absolute atomic E-state index is 0.759. The molecule has 21 heavy (non-hydrogen) atoms. The van der Waals surface area contributed by atoms with Crippen LogP contribution in [-0.4, -0.2) is 13.1 Å². The van der Waals surface area contributed by atoms with Crippen molar-refractivity contribution in [2.75, 3.05) is 13.1 Å². The lowest BCUT2D eigenvalue weighted by atomic mass is 9.69. The Hall–Kier alpha value is -0.820. The van der Waals surface area contributed by atoms with Crippen molar-refractivity contribution in [3.05, 3.63) is 34.9 Å². The maximum absolute atomic E-state index is 3.60. The first-order valence-electron chi connectivity index (χ1n) is 8.93. The zero-order chi connectivity index (χ0) is 15.2. The molecule has 1 fully saturated rings. The summed E-state index contributed by atoms with van der Waals surface area (Å²) in [5.74, 6) is 2.52. The second-order valence-corrected chi connectivity index (χ2v) is 7.00. The van der Waals surface area contributed by atoms with Crippen LogP contribution in [0.15, 0.2) is 18.2 Å². The molecule has 3 unspecified atom stereocenters. The van der Waals surface area contributed by atoms with E-state index in [-0.39, 0.29) is 0 Å². The van der Waals surface area contributed by atoms with Crippen LogP contribution in [0.3, 0.4) is 0 Å². The van der Waals surface area contributed by atoms with Gasteiger partial charge in [0.05, 0.1) is 0 Å². The summed E-state index contributed by atoms with van der Waals surface area (Å²) in [4.78, 5) is 0. The Kier molecular flexibility index (Phi) is 6.29. The minimum Gasteiger partial charge on any atom is -0.317 e. The van der Waals surface area contributed by atoms with Crippen LogP contribution < -0.4 is 5.32 Å². The van der Waals surface area contributed by atoms with Crippen molar-refractivity contribution in [2.24, 2.45) is 11.8 Å². The van der Waals surface area contributed by atoms with Crippen molar-refractivity contribution in [2.45, 2.75) is 65.7 Å². The maximum atomic E-state index is 3.60. The first kappa shape index (κ1) is 16.5. The third-order valence-corrected chi connectivity index (χ3v) is 5.29. The summed E-state index contributed by atoms with van der Waals surface area (Å²) in [7, 11) is 0. The summed E-state index contributed by atoms with van der Waals surface area (Å²) < 4.78 is 0. The number of hydrogen-bond donors (Lipinski definition) is 1. The summed E-state index contributed by atoms with van der Waals surface area (Å²) in [6, 6.07) is 7.02. The van der Waals surface area contributed by atoms with Crippen molar-refractivity contribution >= 4 is 0 Å². The van der Waals surface area contributed by atoms with E-state index in [0.29, 0.717) is 0 Å². The molecule has 0 amide bonds. The molecule has 0 spiro atoms. The molecule has 0 heterocycles. The standard InChI is InChI=1S/C20H33N/c1-5-7-17-10-11-18(14-21-6-2)20(13-17)19-12-15(3)8-9-16(19)4/h8-9,12,17-18,20-21H,5-7,10-11,13-14H2,1-4H3. The molecule has 0 aromatic heterocycles. The molecule has 0 aliphatic heterocycles. The molecule has 1 aliphatic carbocycles. The van der Waals surface area contributed by atoms with Gasteiger partial charge in [-0.15, -0.1) is 0 Å². The fraction of sp³-hybridized carbons (Fsp3) is 0.700. The number of nitrogens with one attached hydrogen (secondary N) is 1. The van der Waals surface area contributed by atoms with E-state index < -0.39 is 0 Å². The second kappa shape index (κ2) is 7.98. The van der Waals surface area contributed by atoms with Gasteiger partial charge in [-0.05, 0) is 68.7 Å². The van der Waals surface area contributed by atoms with E-state index in [0.717, 1.165) is 24.3 Å². The smallest absolute Gasteiger partial charge is 0.00148 e. The van der Waals surface area contributed by atoms with Crippen LogP contribution in [0.25, 0.3) is 0 Å². The average Bonchev–Trinajstić information content (AvgIpc) is 2.48. The molecule has 118 valence electrons. The number of aryl methyl sites for hydroxylation is 2. The van der Waals surface area contributed by atoms with Gasteiger partial charge >= 0.3 is 0 Å². The Morgan fingerprint density at radius 1 is 1.14 bits per heavy atom. The first-order valence-corrected chi connectivity index (χ1v) is 8.93. The fourth-order valence-corrected chi connectivity index (χ4v) is 4.11. The Bertz CT molecular complexity index is 437. The Morgan fingerprint density at radius 3 is 2.67 bits per heavy atom. The van der Waals surface area contributed by atoms with Gasteiger partial charge < -0.3 is 5.32 Å². The van der Waals surface area contributed by atoms with Gasteiger partial charge in [-0.1, -0.05) is 56.9 Å². The molecule has 1 N–H and O–H groups in total. The molecule has 3 atom stereocenters. The lowest BCUT2D eigenvalue weighted by Gasteiger charge is -2.37. The molecule has 1 heteroatoms. The molecule has 0 saturated heterocycles. The summed E-state index contributed by atoms with van der Waals surface area (Å²) in [6.07, 6.45) is 6.98. The van der Waals surface area contributed by atoms with E-state index in [1.165, 1.54) is 49.8 Å². The largest absolute Gasteiger partial charge is 0.317 e. The lowest BCUT2D eigenvalue weighted by molar-refractivity contribution is 0.220. The van der Waals surface area contributed by atoms with E-state index in [2.05, 4.69) is 51.2 Å². The Balaban J connectivity index is 2.20. The highest BCUT2D eigenvalue weighted by molar-refractivity contribution is 5.34. The van der Waals surface area contributed by atoms with E-state index >= 15 is 0 Å². The molecule has 0 bridgehead atoms. The van der Waals surface area contributed by atoms with Gasteiger partial charge in [-0.2, -0.15) is 0 Å². The molecular weight excluding hydrogens is 254 g/mol. The van der Waals surface area contributed by atoms with Crippen molar-refractivity contribution in [1.29, 1.82) is 0 Å². The van der Waals surface area contributed by atoms with E-state index in [1.807, 2.05) is 0 Å². The van der Waals surface area contributed by atoms with Crippen LogP contribution >= 0.6 is 0 Å². The maximum Gasteiger partial charge on any atom is -0.00148 e. The van der Waals surface area contributed by atoms with Gasteiger partial charge in [0.2, 0.25) is 0 Å². The number of benzene rings is 1. The van der Waals surface area contributed by atoms with Gasteiger partial charge in [-0.3, -0.25) is 0 Å². The minimum atomic E-state index is 0.759. The van der Waals surface area contributed by atoms with Crippen LogP contribution in [0, 0.1) is 25.7 Å². The topological polar surface area (TPSA) is 12.0 Å². The van der Waals surface area contributed by atoms with Crippen LogP contribution in [0.1, 0.15) is 68.6 Å². The van der Waals surface area contributed by atoms with Crippen LogP contribution in [0.2, 0.25) is 0 Å². The summed E-state index contributed by atoms with van der Waals surface area (Å²) in [5, 5.41) is 3.60. The number of rotatable bonds is 6. The molecule has 1 aromatic carbocycles. The van der Waals surface area contributed by atoms with Gasteiger partial charge in [0.15, 0.2) is 0 Å². The highest BCUT2D eigenvalue weighted by Crippen LogP contribution is 2.43. The summed E-state index contributed by atoms with van der Waals surface area (Å²) in [6.45, 7) is 11.4. The SMILES string of the molecule is CCCC1CCC(CNCC)C(c2cc(C)ccc2C)C1. The van der Waals surface area contributed by atoms with Gasteiger partial charge in [0.1, 0.15) is 0 Å². The third-order valence-electron chi connectivity index (χ3n) is 5.29. The zero-order valence-corrected chi connectivity index (χ0v) is 14.4. The first-order chi connectivity index (χ1) is 10.2. The quantitative estimate of drug-likeness (QED) is 0.757. The highest BCUT2D eigenvalue weighted by Gasteiger charge is 2.31. The van der Waals surface area contributed by atoms with Gasteiger partial charge in [0, 0.05) is 0 Å². The van der Waals surface area contributed by atoms with E-state index in [4.69, 9.17) is 0 Å². The zero-order valence-electron chi connectivity index (χ0n) is 14.4. The van der Waals surface area contributed by atoms with Gasteiger partial charge in [-0.25, -0.2) is 0 Å². The summed E-state index contributed by atoms with van der Waals surface area (Å²) in [5.41, 5.74) is 4.53. The summed E-state index contributed by atoms with van der Waals surface area (Å²) >= 11 is 0. The Labute approximate surface area is 131 Å². The second-order valence-electron chi connectivity index (χ2n) is 7.00. The van der Waals surface area contributed by atoms with Crippen LogP contribution in [0.5, 0.6) is 0 Å². The van der Waals surface area contributed by atoms with Crippen molar-refractivity contribution in [3.8, 4) is 0 Å². The van der Waals surface area contributed by atoms with Gasteiger partial charge in [0.25, 0.3) is 0 Å². The van der Waals surface area contributed by atoms with E-state index in [1.54, 1.807) is 5.56 Å². The van der Waals surface area contributed by atoms with Crippen molar-refractivity contribution in [3.63, 3.8) is 0 Å². The molecule has 0 radical (unpaired) electrons. The third kappa shape index (κ3) is 4.32. The van der Waals surface area contributed by atoms with Crippen LogP contribution in [0.4, 0.5) is 0 Å². The highest BCUT2D eigenvalue weighted by atomic mass is 14.8. The van der Waals surface area contributed by atoms with Crippen molar-refractivity contribution in [1.82, 2.24) is 5.32 Å². The van der Waals surface area contributed by atoms with E-state index in [9.17, 15) is 0 Å². The van der Waals surface area contributed by atoms with Crippen LogP contribution in [-0.2, 0) is 0 Å². The molecule has 1 saturated carbocycles. The molecular formula is C20H33N. The fourth-order valence-electron chi connectivity index (χ4n) is 4.11. The lowest BCUT2D eigenvalue weighted by Crippen LogP contribution is -2.32. The Morgan fingerprint density at radius 2 is 1.95 bits per heavy atom. The monoisotopic (exact) mass is 287 g/mol.